The van der Waals surface area contributed by atoms with Gasteiger partial charge in [0.1, 0.15) is 0 Å². The third kappa shape index (κ3) is 4.00. The molecule has 0 aliphatic rings. The largest absolute Gasteiger partial charge is 0.387 e. The third-order valence-electron chi connectivity index (χ3n) is 2.87. The summed E-state index contributed by atoms with van der Waals surface area (Å²) in [5.74, 6) is -0.0867. The van der Waals surface area contributed by atoms with E-state index in [4.69, 9.17) is 0 Å². The Morgan fingerprint density at radius 3 is 2.83 bits per heavy atom. The quantitative estimate of drug-likeness (QED) is 0.794. The summed E-state index contributed by atoms with van der Waals surface area (Å²) in [5, 5.41) is 5.91. The second-order valence-corrected chi connectivity index (χ2v) is 4.27. The molecule has 0 unspecified atom stereocenters. The molecule has 1 amide bonds. The van der Waals surface area contributed by atoms with Crippen molar-refractivity contribution in [3.63, 3.8) is 0 Å². The van der Waals surface area contributed by atoms with Gasteiger partial charge in [-0.2, -0.15) is 0 Å². The van der Waals surface area contributed by atoms with Gasteiger partial charge in [-0.15, -0.1) is 0 Å². The zero-order chi connectivity index (χ0) is 13.5. The molecule has 0 spiro atoms. The lowest BCUT2D eigenvalue weighted by atomic mass is 10.2. The van der Waals surface area contributed by atoms with E-state index in [0.717, 1.165) is 24.5 Å². The molecule has 0 aromatic carbocycles. The SMILES string of the molecule is CCN(C)CCNC(=O)c1cnc(C)cc1NC. The first-order chi connectivity index (χ1) is 8.58. The van der Waals surface area contributed by atoms with Crippen LogP contribution < -0.4 is 10.6 Å². The van der Waals surface area contributed by atoms with Gasteiger partial charge in [-0.25, -0.2) is 0 Å². The van der Waals surface area contributed by atoms with Crippen LogP contribution in [0.4, 0.5) is 5.69 Å². The molecule has 5 heteroatoms. The number of amides is 1. The van der Waals surface area contributed by atoms with Crippen LogP contribution in [0.1, 0.15) is 23.0 Å². The minimum Gasteiger partial charge on any atom is -0.387 e. The van der Waals surface area contributed by atoms with Gasteiger partial charge in [-0.1, -0.05) is 6.92 Å². The maximum atomic E-state index is 12.0. The molecule has 18 heavy (non-hydrogen) atoms. The van der Waals surface area contributed by atoms with Crippen molar-refractivity contribution in [1.82, 2.24) is 15.2 Å². The van der Waals surface area contributed by atoms with Crippen molar-refractivity contribution >= 4 is 11.6 Å². The van der Waals surface area contributed by atoms with Crippen molar-refractivity contribution in [2.45, 2.75) is 13.8 Å². The predicted molar refractivity (Wildman–Crippen MR) is 74.0 cm³/mol. The number of aromatic nitrogens is 1. The van der Waals surface area contributed by atoms with Gasteiger partial charge in [0.25, 0.3) is 5.91 Å². The molecule has 0 saturated heterocycles. The lowest BCUT2D eigenvalue weighted by Crippen LogP contribution is -2.33. The Morgan fingerprint density at radius 1 is 1.50 bits per heavy atom. The second-order valence-electron chi connectivity index (χ2n) is 4.27. The number of rotatable bonds is 6. The highest BCUT2D eigenvalue weighted by Crippen LogP contribution is 2.14. The second kappa shape index (κ2) is 6.96. The predicted octanol–water partition coefficient (Wildman–Crippen LogP) is 1.11. The highest BCUT2D eigenvalue weighted by molar-refractivity contribution is 5.99. The summed E-state index contributed by atoms with van der Waals surface area (Å²) < 4.78 is 0. The molecule has 2 N–H and O–H groups in total. The van der Waals surface area contributed by atoms with Gasteiger partial charge in [0, 0.05) is 32.0 Å². The number of carbonyl (C=O) groups is 1. The fraction of sp³-hybridized carbons (Fsp3) is 0.538. The summed E-state index contributed by atoms with van der Waals surface area (Å²) in [6, 6.07) is 1.87. The van der Waals surface area contributed by atoms with Gasteiger partial charge in [0.05, 0.1) is 11.3 Å². The smallest absolute Gasteiger partial charge is 0.254 e. The number of aryl methyl sites for hydroxylation is 1. The first-order valence-corrected chi connectivity index (χ1v) is 6.19. The first-order valence-electron chi connectivity index (χ1n) is 6.19. The van der Waals surface area contributed by atoms with Crippen molar-refractivity contribution < 1.29 is 4.79 Å². The summed E-state index contributed by atoms with van der Waals surface area (Å²) in [7, 11) is 3.83. The van der Waals surface area contributed by atoms with E-state index >= 15 is 0 Å². The first kappa shape index (κ1) is 14.4. The van der Waals surface area contributed by atoms with Crippen LogP contribution in [0.5, 0.6) is 0 Å². The van der Waals surface area contributed by atoms with E-state index in [0.29, 0.717) is 12.1 Å². The van der Waals surface area contributed by atoms with Gasteiger partial charge >= 0.3 is 0 Å². The Bertz CT molecular complexity index is 406. The van der Waals surface area contributed by atoms with Crippen molar-refractivity contribution in [1.29, 1.82) is 0 Å². The minimum absolute atomic E-state index is 0.0867. The summed E-state index contributed by atoms with van der Waals surface area (Å²) in [5.41, 5.74) is 2.28. The van der Waals surface area contributed by atoms with Gasteiger partial charge < -0.3 is 15.5 Å². The van der Waals surface area contributed by atoms with E-state index in [9.17, 15) is 4.79 Å². The fourth-order valence-electron chi connectivity index (χ4n) is 1.56. The Labute approximate surface area is 109 Å². The van der Waals surface area contributed by atoms with Crippen molar-refractivity contribution in [3.8, 4) is 0 Å². The fourth-order valence-corrected chi connectivity index (χ4v) is 1.56. The number of nitrogens with one attached hydrogen (secondary N) is 2. The summed E-state index contributed by atoms with van der Waals surface area (Å²) in [4.78, 5) is 18.3. The highest BCUT2D eigenvalue weighted by atomic mass is 16.1. The van der Waals surface area contributed by atoms with Gasteiger partial charge in [-0.3, -0.25) is 9.78 Å². The van der Waals surface area contributed by atoms with Crippen LogP contribution in [-0.2, 0) is 0 Å². The van der Waals surface area contributed by atoms with Gasteiger partial charge in [-0.05, 0) is 26.6 Å². The van der Waals surface area contributed by atoms with Crippen LogP contribution in [0.25, 0.3) is 0 Å². The molecule has 100 valence electrons. The molecule has 1 heterocycles. The van der Waals surface area contributed by atoms with Crippen molar-refractivity contribution in [3.05, 3.63) is 23.5 Å². The molecule has 0 aliphatic carbocycles. The standard InChI is InChI=1S/C13H22N4O/c1-5-17(4)7-6-15-13(18)11-9-16-10(2)8-12(11)14-3/h8-9H,5-7H2,1-4H3,(H,14,16)(H,15,18). The van der Waals surface area contributed by atoms with Crippen LogP contribution in [0.3, 0.4) is 0 Å². The van der Waals surface area contributed by atoms with E-state index < -0.39 is 0 Å². The number of anilines is 1. The molecule has 0 radical (unpaired) electrons. The Kier molecular flexibility index (Phi) is 5.58. The van der Waals surface area contributed by atoms with Crippen molar-refractivity contribution in [2.75, 3.05) is 39.0 Å². The monoisotopic (exact) mass is 250 g/mol. The molecule has 1 aromatic rings. The summed E-state index contributed by atoms with van der Waals surface area (Å²) in [6.07, 6.45) is 1.61. The third-order valence-corrected chi connectivity index (χ3v) is 2.87. The number of carbonyl (C=O) groups excluding carboxylic acids is 1. The molecule has 0 aliphatic heterocycles. The maximum Gasteiger partial charge on any atom is 0.254 e. The topological polar surface area (TPSA) is 57.3 Å². The van der Waals surface area contributed by atoms with E-state index in [-0.39, 0.29) is 5.91 Å². The van der Waals surface area contributed by atoms with E-state index in [1.807, 2.05) is 20.0 Å². The number of pyridine rings is 1. The molecule has 0 saturated carbocycles. The Balaban J connectivity index is 2.61. The molecule has 1 rings (SSSR count). The van der Waals surface area contributed by atoms with Crippen molar-refractivity contribution in [2.24, 2.45) is 0 Å². The lowest BCUT2D eigenvalue weighted by Gasteiger charge is -2.15. The molecular formula is C13H22N4O. The normalized spacial score (nSPS) is 10.5. The van der Waals surface area contributed by atoms with Crippen LogP contribution in [0.15, 0.2) is 12.3 Å². The van der Waals surface area contributed by atoms with E-state index in [2.05, 4.69) is 27.4 Å². The van der Waals surface area contributed by atoms with Crippen LogP contribution in [0.2, 0.25) is 0 Å². The molecule has 0 fully saturated rings. The number of likely N-dealkylation sites (N-methyl/N-ethyl adjacent to an activating group) is 1. The van der Waals surface area contributed by atoms with Crippen LogP contribution in [-0.4, -0.2) is 49.5 Å². The lowest BCUT2D eigenvalue weighted by molar-refractivity contribution is 0.0950. The number of hydrogen-bond acceptors (Lipinski definition) is 4. The van der Waals surface area contributed by atoms with Gasteiger partial charge in [0.15, 0.2) is 0 Å². The molecule has 5 nitrogen and oxygen atoms in total. The molecular weight excluding hydrogens is 228 g/mol. The Morgan fingerprint density at radius 2 is 2.22 bits per heavy atom. The zero-order valence-electron chi connectivity index (χ0n) is 11.6. The van der Waals surface area contributed by atoms with Crippen LogP contribution >= 0.6 is 0 Å². The highest BCUT2D eigenvalue weighted by Gasteiger charge is 2.11. The summed E-state index contributed by atoms with van der Waals surface area (Å²) >= 11 is 0. The zero-order valence-corrected chi connectivity index (χ0v) is 11.6. The van der Waals surface area contributed by atoms with Crippen LogP contribution in [0, 0.1) is 6.92 Å². The number of hydrogen-bond donors (Lipinski definition) is 2. The summed E-state index contributed by atoms with van der Waals surface area (Å²) in [6.45, 7) is 6.45. The van der Waals surface area contributed by atoms with E-state index in [1.165, 1.54) is 0 Å². The minimum atomic E-state index is -0.0867. The van der Waals surface area contributed by atoms with E-state index in [1.54, 1.807) is 13.2 Å². The molecule has 1 aromatic heterocycles. The maximum absolute atomic E-state index is 12.0. The molecule has 0 bridgehead atoms. The van der Waals surface area contributed by atoms with Gasteiger partial charge in [0.2, 0.25) is 0 Å². The number of nitrogens with zero attached hydrogens (tertiary/aromatic N) is 2. The average molecular weight is 250 g/mol. The Hall–Kier alpha value is -1.62. The average Bonchev–Trinajstić information content (AvgIpc) is 2.37. The molecule has 0 atom stereocenters.